The number of halogens is 1. The van der Waals surface area contributed by atoms with Gasteiger partial charge in [-0.2, -0.15) is 0 Å². The standard InChI is InChI=1S/C18H17BrO5/c1-2-21-18(20)17(24-14-6-3-12(10-19)4-7-14)13-5-8-15-16(9-13)23-11-22-15/h3-9,17H,2,10-11H2,1H3. The highest BCUT2D eigenvalue weighted by molar-refractivity contribution is 9.08. The van der Waals surface area contributed by atoms with Crippen LogP contribution in [0.5, 0.6) is 17.2 Å². The Bertz CT molecular complexity index is 714. The van der Waals surface area contributed by atoms with Gasteiger partial charge in [-0.3, -0.25) is 0 Å². The van der Waals surface area contributed by atoms with Crippen molar-refractivity contribution in [3.8, 4) is 17.2 Å². The maximum absolute atomic E-state index is 12.3. The van der Waals surface area contributed by atoms with E-state index in [1.165, 1.54) is 0 Å². The van der Waals surface area contributed by atoms with Crippen LogP contribution >= 0.6 is 15.9 Å². The van der Waals surface area contributed by atoms with Crippen molar-refractivity contribution in [1.29, 1.82) is 0 Å². The lowest BCUT2D eigenvalue weighted by molar-refractivity contribution is -0.151. The number of esters is 1. The first kappa shape index (κ1) is 16.6. The lowest BCUT2D eigenvalue weighted by Crippen LogP contribution is -2.21. The number of hydrogen-bond donors (Lipinski definition) is 0. The second-order valence-corrected chi connectivity index (χ2v) is 5.70. The van der Waals surface area contributed by atoms with Crippen molar-refractivity contribution < 1.29 is 23.7 Å². The molecule has 1 aliphatic rings. The molecule has 1 heterocycles. The molecule has 1 atom stereocenters. The van der Waals surface area contributed by atoms with E-state index in [2.05, 4.69) is 15.9 Å². The molecule has 0 aliphatic carbocycles. The highest BCUT2D eigenvalue weighted by atomic mass is 79.9. The van der Waals surface area contributed by atoms with Crippen LogP contribution in [-0.4, -0.2) is 19.4 Å². The van der Waals surface area contributed by atoms with Gasteiger partial charge in [-0.15, -0.1) is 0 Å². The van der Waals surface area contributed by atoms with Gasteiger partial charge < -0.3 is 18.9 Å². The molecule has 0 radical (unpaired) electrons. The molecule has 0 bridgehead atoms. The van der Waals surface area contributed by atoms with E-state index in [-0.39, 0.29) is 13.4 Å². The summed E-state index contributed by atoms with van der Waals surface area (Å²) >= 11 is 3.40. The van der Waals surface area contributed by atoms with Gasteiger partial charge >= 0.3 is 5.97 Å². The summed E-state index contributed by atoms with van der Waals surface area (Å²) in [5, 5.41) is 0.761. The van der Waals surface area contributed by atoms with Gasteiger partial charge in [0.25, 0.3) is 0 Å². The van der Waals surface area contributed by atoms with E-state index in [0.29, 0.717) is 22.8 Å². The molecule has 2 aromatic carbocycles. The second-order valence-electron chi connectivity index (χ2n) is 5.14. The van der Waals surface area contributed by atoms with Gasteiger partial charge in [0.05, 0.1) is 6.61 Å². The molecule has 0 saturated heterocycles. The predicted octanol–water partition coefficient (Wildman–Crippen LogP) is 3.99. The highest BCUT2D eigenvalue weighted by Crippen LogP contribution is 2.35. The maximum Gasteiger partial charge on any atom is 0.352 e. The molecule has 1 unspecified atom stereocenters. The van der Waals surface area contributed by atoms with Crippen LogP contribution in [0, 0.1) is 0 Å². The van der Waals surface area contributed by atoms with E-state index in [1.807, 2.05) is 24.3 Å². The van der Waals surface area contributed by atoms with Gasteiger partial charge in [0, 0.05) is 10.9 Å². The summed E-state index contributed by atoms with van der Waals surface area (Å²) in [5.41, 5.74) is 1.78. The first-order chi connectivity index (χ1) is 11.7. The quantitative estimate of drug-likeness (QED) is 0.549. The molecule has 0 amide bonds. The zero-order chi connectivity index (χ0) is 16.9. The van der Waals surface area contributed by atoms with Crippen LogP contribution in [-0.2, 0) is 14.9 Å². The summed E-state index contributed by atoms with van der Waals surface area (Å²) < 4.78 is 21.7. The second kappa shape index (κ2) is 7.57. The van der Waals surface area contributed by atoms with E-state index >= 15 is 0 Å². The molecule has 24 heavy (non-hydrogen) atoms. The number of rotatable bonds is 6. The third kappa shape index (κ3) is 3.64. The van der Waals surface area contributed by atoms with Gasteiger partial charge in [0.2, 0.25) is 12.9 Å². The summed E-state index contributed by atoms with van der Waals surface area (Å²) in [4.78, 5) is 12.3. The van der Waals surface area contributed by atoms with E-state index < -0.39 is 12.1 Å². The monoisotopic (exact) mass is 392 g/mol. The molecule has 5 nitrogen and oxygen atoms in total. The fourth-order valence-electron chi connectivity index (χ4n) is 2.34. The average molecular weight is 393 g/mol. The molecule has 0 saturated carbocycles. The first-order valence-electron chi connectivity index (χ1n) is 7.59. The van der Waals surface area contributed by atoms with Crippen LogP contribution in [0.4, 0.5) is 0 Å². The molecular weight excluding hydrogens is 376 g/mol. The predicted molar refractivity (Wildman–Crippen MR) is 91.6 cm³/mol. The van der Waals surface area contributed by atoms with Crippen LogP contribution in [0.1, 0.15) is 24.2 Å². The minimum Gasteiger partial charge on any atom is -0.474 e. The Morgan fingerprint density at radius 2 is 1.92 bits per heavy atom. The van der Waals surface area contributed by atoms with Crippen LogP contribution in [0.2, 0.25) is 0 Å². The Morgan fingerprint density at radius 1 is 1.17 bits per heavy atom. The van der Waals surface area contributed by atoms with E-state index in [1.54, 1.807) is 25.1 Å². The number of carbonyl (C=O) groups is 1. The molecule has 0 fully saturated rings. The molecule has 0 spiro atoms. The van der Waals surface area contributed by atoms with E-state index in [4.69, 9.17) is 18.9 Å². The number of hydrogen-bond acceptors (Lipinski definition) is 5. The van der Waals surface area contributed by atoms with Crippen molar-refractivity contribution in [1.82, 2.24) is 0 Å². The third-order valence-electron chi connectivity index (χ3n) is 3.53. The van der Waals surface area contributed by atoms with Crippen LogP contribution in [0.25, 0.3) is 0 Å². The van der Waals surface area contributed by atoms with Gasteiger partial charge in [0.15, 0.2) is 11.5 Å². The lowest BCUT2D eigenvalue weighted by atomic mass is 10.1. The third-order valence-corrected chi connectivity index (χ3v) is 4.18. The minimum atomic E-state index is -0.866. The maximum atomic E-state index is 12.3. The molecule has 126 valence electrons. The topological polar surface area (TPSA) is 54.0 Å². The van der Waals surface area contributed by atoms with Gasteiger partial charge in [-0.25, -0.2) is 4.79 Å². The first-order valence-corrected chi connectivity index (χ1v) is 8.71. The van der Waals surface area contributed by atoms with Gasteiger partial charge in [-0.1, -0.05) is 34.1 Å². The van der Waals surface area contributed by atoms with Crippen molar-refractivity contribution in [2.24, 2.45) is 0 Å². The Kier molecular flexibility index (Phi) is 5.25. The highest BCUT2D eigenvalue weighted by Gasteiger charge is 2.26. The summed E-state index contributed by atoms with van der Waals surface area (Å²) in [5.74, 6) is 1.40. The summed E-state index contributed by atoms with van der Waals surface area (Å²) in [6.07, 6.45) is -0.866. The summed E-state index contributed by atoms with van der Waals surface area (Å²) in [7, 11) is 0. The van der Waals surface area contributed by atoms with Gasteiger partial charge in [-0.05, 0) is 36.8 Å². The number of carbonyl (C=O) groups excluding carboxylic acids is 1. The fraction of sp³-hybridized carbons (Fsp3) is 0.278. The van der Waals surface area contributed by atoms with Gasteiger partial charge in [0.1, 0.15) is 5.75 Å². The number of fused-ring (bicyclic) bond motifs is 1. The summed E-state index contributed by atoms with van der Waals surface area (Å²) in [6, 6.07) is 12.8. The van der Waals surface area contributed by atoms with Crippen LogP contribution < -0.4 is 14.2 Å². The molecule has 6 heteroatoms. The largest absolute Gasteiger partial charge is 0.474 e. The smallest absolute Gasteiger partial charge is 0.352 e. The lowest BCUT2D eigenvalue weighted by Gasteiger charge is -2.18. The Labute approximate surface area is 148 Å². The molecule has 0 aromatic heterocycles. The van der Waals surface area contributed by atoms with Crippen molar-refractivity contribution in [2.45, 2.75) is 18.4 Å². The Morgan fingerprint density at radius 3 is 2.62 bits per heavy atom. The Balaban J connectivity index is 1.86. The zero-order valence-corrected chi connectivity index (χ0v) is 14.7. The number of alkyl halides is 1. The normalized spacial score (nSPS) is 13.4. The molecular formula is C18H17BrO5. The number of benzene rings is 2. The van der Waals surface area contributed by atoms with Crippen molar-refractivity contribution in [3.05, 3.63) is 53.6 Å². The molecule has 0 N–H and O–H groups in total. The molecule has 3 rings (SSSR count). The van der Waals surface area contributed by atoms with Crippen molar-refractivity contribution >= 4 is 21.9 Å². The summed E-state index contributed by atoms with van der Waals surface area (Å²) in [6.45, 7) is 2.23. The number of ether oxygens (including phenoxy) is 4. The molecule has 1 aliphatic heterocycles. The fourth-order valence-corrected chi connectivity index (χ4v) is 2.71. The van der Waals surface area contributed by atoms with E-state index in [9.17, 15) is 4.79 Å². The minimum absolute atomic E-state index is 0.178. The Hall–Kier alpha value is -2.21. The van der Waals surface area contributed by atoms with Crippen molar-refractivity contribution in [2.75, 3.05) is 13.4 Å². The van der Waals surface area contributed by atoms with Crippen molar-refractivity contribution in [3.63, 3.8) is 0 Å². The SMILES string of the molecule is CCOC(=O)C(Oc1ccc(CBr)cc1)c1ccc2c(c1)OCO2. The average Bonchev–Trinajstić information content (AvgIpc) is 3.08. The zero-order valence-electron chi connectivity index (χ0n) is 13.2. The van der Waals surface area contributed by atoms with Crippen LogP contribution in [0.15, 0.2) is 42.5 Å². The van der Waals surface area contributed by atoms with E-state index in [0.717, 1.165) is 10.9 Å². The molecule has 2 aromatic rings. The van der Waals surface area contributed by atoms with Crippen LogP contribution in [0.3, 0.4) is 0 Å².